The minimum atomic E-state index is -0.383. The largest absolute Gasteiger partial charge is 0.484 e. The smallest absolute Gasteiger partial charge is 0.277 e. The molecule has 0 unspecified atom stereocenters. The molecule has 0 aliphatic carbocycles. The maximum Gasteiger partial charge on any atom is 0.277 e. The van der Waals surface area contributed by atoms with Gasteiger partial charge in [0, 0.05) is 5.02 Å². The van der Waals surface area contributed by atoms with Crippen molar-refractivity contribution in [3.05, 3.63) is 51.9 Å². The van der Waals surface area contributed by atoms with E-state index in [-0.39, 0.29) is 12.5 Å². The lowest BCUT2D eigenvalue weighted by Crippen LogP contribution is -2.24. The summed E-state index contributed by atoms with van der Waals surface area (Å²) >= 11 is 8.96. The van der Waals surface area contributed by atoms with Crippen LogP contribution in [-0.4, -0.2) is 18.7 Å². The lowest BCUT2D eigenvalue weighted by Gasteiger charge is -2.04. The molecule has 1 N–H and O–H groups in total. The highest BCUT2D eigenvalue weighted by atomic mass is 79.9. The molecule has 0 atom stereocenters. The fraction of sp³-hybridized carbons (Fsp3) is 0.0769. The van der Waals surface area contributed by atoms with Gasteiger partial charge < -0.3 is 9.15 Å². The topological polar surface area (TPSA) is 63.8 Å². The Kier molecular flexibility index (Phi) is 5.20. The Balaban J connectivity index is 1.77. The lowest BCUT2D eigenvalue weighted by atomic mass is 10.3. The molecular weight excluding hydrogens is 348 g/mol. The Morgan fingerprint density at radius 1 is 1.45 bits per heavy atom. The SMILES string of the molecule is O=C(COc1cccc(Cl)c1)N/N=C\c1ccc(Br)o1. The monoisotopic (exact) mass is 356 g/mol. The van der Waals surface area contributed by atoms with Gasteiger partial charge in [0.25, 0.3) is 5.91 Å². The summed E-state index contributed by atoms with van der Waals surface area (Å²) in [6, 6.07) is 10.2. The fourth-order valence-corrected chi connectivity index (χ4v) is 1.80. The number of halogens is 2. The maximum absolute atomic E-state index is 11.5. The number of hydrogen-bond acceptors (Lipinski definition) is 4. The molecule has 1 amide bonds. The number of ether oxygens (including phenoxy) is 1. The summed E-state index contributed by atoms with van der Waals surface area (Å²) in [5, 5.41) is 4.29. The second-order valence-corrected chi connectivity index (χ2v) is 4.90. The van der Waals surface area contributed by atoms with Crippen LogP contribution in [0.15, 0.2) is 50.6 Å². The highest BCUT2D eigenvalue weighted by molar-refractivity contribution is 9.10. The van der Waals surface area contributed by atoms with Gasteiger partial charge in [0.1, 0.15) is 11.5 Å². The van der Waals surface area contributed by atoms with Crippen LogP contribution in [0.5, 0.6) is 5.75 Å². The van der Waals surface area contributed by atoms with Gasteiger partial charge in [-0.2, -0.15) is 5.10 Å². The van der Waals surface area contributed by atoms with E-state index in [0.717, 1.165) is 0 Å². The van der Waals surface area contributed by atoms with Gasteiger partial charge in [0.05, 0.1) is 6.21 Å². The number of hydrazone groups is 1. The second-order valence-electron chi connectivity index (χ2n) is 3.68. The third-order valence-corrected chi connectivity index (χ3v) is 2.80. The second kappa shape index (κ2) is 7.12. The van der Waals surface area contributed by atoms with Crippen molar-refractivity contribution < 1.29 is 13.9 Å². The van der Waals surface area contributed by atoms with Crippen LogP contribution >= 0.6 is 27.5 Å². The van der Waals surface area contributed by atoms with Crippen molar-refractivity contribution in [3.63, 3.8) is 0 Å². The van der Waals surface area contributed by atoms with E-state index in [2.05, 4.69) is 26.5 Å². The van der Waals surface area contributed by atoms with Crippen molar-refractivity contribution in [3.8, 4) is 5.75 Å². The molecule has 0 bridgehead atoms. The molecule has 1 heterocycles. The zero-order chi connectivity index (χ0) is 14.4. The summed E-state index contributed by atoms with van der Waals surface area (Å²) < 4.78 is 11.0. The van der Waals surface area contributed by atoms with Crippen LogP contribution in [0.3, 0.4) is 0 Å². The van der Waals surface area contributed by atoms with Crippen LogP contribution in [0.25, 0.3) is 0 Å². The van der Waals surface area contributed by atoms with Crippen LogP contribution in [0.2, 0.25) is 5.02 Å². The van der Waals surface area contributed by atoms with Gasteiger partial charge in [-0.05, 0) is 46.3 Å². The average Bonchev–Trinajstić information content (AvgIpc) is 2.82. The van der Waals surface area contributed by atoms with Crippen LogP contribution in [0.1, 0.15) is 5.76 Å². The summed E-state index contributed by atoms with van der Waals surface area (Å²) in [6.45, 7) is -0.153. The zero-order valence-electron chi connectivity index (χ0n) is 10.2. The molecule has 5 nitrogen and oxygen atoms in total. The van der Waals surface area contributed by atoms with Gasteiger partial charge in [-0.1, -0.05) is 17.7 Å². The number of nitrogens with one attached hydrogen (secondary N) is 1. The van der Waals surface area contributed by atoms with Crippen molar-refractivity contribution >= 4 is 39.7 Å². The molecule has 0 fully saturated rings. The number of furan rings is 1. The van der Waals surface area contributed by atoms with E-state index in [9.17, 15) is 4.79 Å². The number of nitrogens with zero attached hydrogens (tertiary/aromatic N) is 1. The first kappa shape index (κ1) is 14.6. The van der Waals surface area contributed by atoms with Crippen molar-refractivity contribution in [1.29, 1.82) is 0 Å². The predicted molar refractivity (Wildman–Crippen MR) is 79.1 cm³/mol. The van der Waals surface area contributed by atoms with Crippen molar-refractivity contribution in [2.45, 2.75) is 0 Å². The van der Waals surface area contributed by atoms with Crippen molar-refractivity contribution in [2.24, 2.45) is 5.10 Å². The van der Waals surface area contributed by atoms with Gasteiger partial charge in [0.15, 0.2) is 11.3 Å². The lowest BCUT2D eigenvalue weighted by molar-refractivity contribution is -0.123. The first-order valence-electron chi connectivity index (χ1n) is 5.59. The third kappa shape index (κ3) is 4.71. The Bertz CT molecular complexity index is 628. The molecule has 2 rings (SSSR count). The predicted octanol–water partition coefficient (Wildman–Crippen LogP) is 3.22. The van der Waals surface area contributed by atoms with Gasteiger partial charge in [-0.3, -0.25) is 4.79 Å². The van der Waals surface area contributed by atoms with Crippen LogP contribution in [0.4, 0.5) is 0 Å². The highest BCUT2D eigenvalue weighted by Crippen LogP contribution is 2.16. The molecule has 0 saturated carbocycles. The molecule has 1 aromatic carbocycles. The molecule has 104 valence electrons. The molecule has 0 saturated heterocycles. The van der Waals surface area contributed by atoms with Crippen LogP contribution < -0.4 is 10.2 Å². The minimum absolute atomic E-state index is 0.153. The number of hydrogen-bond donors (Lipinski definition) is 1. The number of rotatable bonds is 5. The normalized spacial score (nSPS) is 10.7. The molecule has 20 heavy (non-hydrogen) atoms. The maximum atomic E-state index is 11.5. The Morgan fingerprint density at radius 3 is 3.00 bits per heavy atom. The summed E-state index contributed by atoms with van der Waals surface area (Å²) in [5.41, 5.74) is 2.32. The number of benzene rings is 1. The Morgan fingerprint density at radius 2 is 2.30 bits per heavy atom. The minimum Gasteiger partial charge on any atom is -0.484 e. The van der Waals surface area contributed by atoms with Crippen LogP contribution in [-0.2, 0) is 4.79 Å². The molecule has 0 spiro atoms. The first-order chi connectivity index (χ1) is 9.63. The van der Waals surface area contributed by atoms with Gasteiger partial charge in [-0.15, -0.1) is 0 Å². The third-order valence-electron chi connectivity index (χ3n) is 2.14. The average molecular weight is 358 g/mol. The number of amides is 1. The summed E-state index contributed by atoms with van der Waals surface area (Å²) in [6.07, 6.45) is 1.39. The zero-order valence-corrected chi connectivity index (χ0v) is 12.5. The standard InChI is InChI=1S/C13H10BrClN2O3/c14-12-5-4-11(20-12)7-16-17-13(18)8-19-10-3-1-2-9(15)6-10/h1-7H,8H2,(H,17,18)/b16-7-. The van der Waals surface area contributed by atoms with Gasteiger partial charge in [0.2, 0.25) is 0 Å². The van der Waals surface area contributed by atoms with Crippen molar-refractivity contribution in [2.75, 3.05) is 6.61 Å². The highest BCUT2D eigenvalue weighted by Gasteiger charge is 2.02. The molecular formula is C13H10BrClN2O3. The van der Waals surface area contributed by atoms with E-state index in [1.165, 1.54) is 6.21 Å². The molecule has 1 aromatic heterocycles. The van der Waals surface area contributed by atoms with E-state index in [1.54, 1.807) is 36.4 Å². The Hall–Kier alpha value is -1.79. The van der Waals surface area contributed by atoms with Gasteiger partial charge in [-0.25, -0.2) is 5.43 Å². The van der Waals surface area contributed by atoms with Gasteiger partial charge >= 0.3 is 0 Å². The van der Waals surface area contributed by atoms with E-state index < -0.39 is 0 Å². The summed E-state index contributed by atoms with van der Waals surface area (Å²) in [4.78, 5) is 11.5. The Labute approximate surface area is 128 Å². The van der Waals surface area contributed by atoms with Crippen LogP contribution in [0, 0.1) is 0 Å². The molecule has 0 aliphatic rings. The molecule has 0 radical (unpaired) electrons. The van der Waals surface area contributed by atoms with E-state index in [1.807, 2.05) is 0 Å². The first-order valence-corrected chi connectivity index (χ1v) is 6.76. The molecule has 2 aromatic rings. The fourth-order valence-electron chi connectivity index (χ4n) is 1.30. The number of carbonyl (C=O) groups is 1. The van der Waals surface area contributed by atoms with E-state index in [4.69, 9.17) is 20.8 Å². The molecule has 0 aliphatic heterocycles. The van der Waals surface area contributed by atoms with E-state index in [0.29, 0.717) is 21.2 Å². The summed E-state index contributed by atoms with van der Waals surface area (Å²) in [5.74, 6) is 0.659. The number of carbonyl (C=O) groups excluding carboxylic acids is 1. The van der Waals surface area contributed by atoms with Crippen molar-refractivity contribution in [1.82, 2.24) is 5.43 Å². The quantitative estimate of drug-likeness (QED) is 0.660. The van der Waals surface area contributed by atoms with E-state index >= 15 is 0 Å². The summed E-state index contributed by atoms with van der Waals surface area (Å²) in [7, 11) is 0. The molecule has 7 heteroatoms.